The number of unbranched alkanes of at least 4 members (excludes halogenated alkanes) is 4. The minimum absolute atomic E-state index is 1.10. The summed E-state index contributed by atoms with van der Waals surface area (Å²) >= 11 is 0. The first kappa shape index (κ1) is 14.3. The Hall–Kier alpha value is -0.790. The SMILES string of the molecule is CCCCCCCc1n(CC)cc[n+]1CCC. The monoisotopic (exact) mass is 237 g/mol. The molecule has 0 aliphatic heterocycles. The first-order valence-electron chi connectivity index (χ1n) is 7.40. The molecule has 0 fully saturated rings. The molecule has 0 saturated carbocycles. The minimum atomic E-state index is 1.10. The molecule has 0 aromatic carbocycles. The van der Waals surface area contributed by atoms with E-state index >= 15 is 0 Å². The van der Waals surface area contributed by atoms with E-state index in [0.717, 1.165) is 13.1 Å². The standard InChI is InChI=1S/C15H29N2/c1-4-7-8-9-10-11-15-16(6-3)13-14-17(15)12-5-2/h13-14H,4-12H2,1-3H3/q+1. The molecule has 1 heterocycles. The molecule has 98 valence electrons. The van der Waals surface area contributed by atoms with Crippen molar-refractivity contribution in [1.82, 2.24) is 4.57 Å². The van der Waals surface area contributed by atoms with Gasteiger partial charge in [-0.05, 0) is 19.8 Å². The maximum Gasteiger partial charge on any atom is 0.256 e. The van der Waals surface area contributed by atoms with Crippen LogP contribution in [0.25, 0.3) is 0 Å². The minimum Gasteiger partial charge on any atom is -0.235 e. The highest BCUT2D eigenvalue weighted by molar-refractivity contribution is 4.83. The van der Waals surface area contributed by atoms with Crippen LogP contribution in [-0.4, -0.2) is 4.57 Å². The van der Waals surface area contributed by atoms with E-state index in [1.54, 1.807) is 0 Å². The zero-order valence-corrected chi connectivity index (χ0v) is 11.9. The number of imidazole rings is 1. The maximum absolute atomic E-state index is 2.43. The Morgan fingerprint density at radius 3 is 2.41 bits per heavy atom. The van der Waals surface area contributed by atoms with Crippen LogP contribution in [0, 0.1) is 0 Å². The molecule has 1 aromatic heterocycles. The average Bonchev–Trinajstić information content (AvgIpc) is 2.72. The third kappa shape index (κ3) is 4.53. The van der Waals surface area contributed by atoms with Gasteiger partial charge in [-0.25, -0.2) is 9.13 Å². The summed E-state index contributed by atoms with van der Waals surface area (Å²) in [5.74, 6) is 1.52. The zero-order chi connectivity index (χ0) is 12.5. The lowest BCUT2D eigenvalue weighted by molar-refractivity contribution is -0.703. The highest BCUT2D eigenvalue weighted by Gasteiger charge is 2.14. The molecule has 0 spiro atoms. The van der Waals surface area contributed by atoms with Crippen LogP contribution in [0.3, 0.4) is 0 Å². The van der Waals surface area contributed by atoms with E-state index in [-0.39, 0.29) is 0 Å². The molecule has 1 aromatic rings. The van der Waals surface area contributed by atoms with Crippen molar-refractivity contribution in [1.29, 1.82) is 0 Å². The van der Waals surface area contributed by atoms with E-state index in [9.17, 15) is 0 Å². The summed E-state index contributed by atoms with van der Waals surface area (Å²) in [7, 11) is 0. The maximum atomic E-state index is 2.43. The van der Waals surface area contributed by atoms with Gasteiger partial charge in [0.2, 0.25) is 0 Å². The molecule has 0 bridgehead atoms. The average molecular weight is 237 g/mol. The fourth-order valence-electron chi connectivity index (χ4n) is 2.40. The Morgan fingerprint density at radius 1 is 1.00 bits per heavy atom. The summed E-state index contributed by atoms with van der Waals surface area (Å²) in [5, 5.41) is 0. The number of aromatic nitrogens is 2. The third-order valence-corrected chi connectivity index (χ3v) is 3.40. The van der Waals surface area contributed by atoms with Gasteiger partial charge in [-0.1, -0.05) is 39.5 Å². The number of hydrogen-bond donors (Lipinski definition) is 0. The van der Waals surface area contributed by atoms with Crippen molar-refractivity contribution in [2.75, 3.05) is 0 Å². The van der Waals surface area contributed by atoms with Gasteiger partial charge in [-0.2, -0.15) is 0 Å². The summed E-state index contributed by atoms with van der Waals surface area (Å²) in [6, 6.07) is 0. The number of hydrogen-bond acceptors (Lipinski definition) is 0. The molecule has 2 heteroatoms. The Labute approximate surface area is 107 Å². The molecule has 2 nitrogen and oxygen atoms in total. The van der Waals surface area contributed by atoms with E-state index < -0.39 is 0 Å². The summed E-state index contributed by atoms with van der Waals surface area (Å²) in [4.78, 5) is 0. The molecule has 0 N–H and O–H groups in total. The number of nitrogens with zero attached hydrogens (tertiary/aromatic N) is 2. The van der Waals surface area contributed by atoms with Gasteiger partial charge in [-0.3, -0.25) is 0 Å². The van der Waals surface area contributed by atoms with Gasteiger partial charge in [-0.15, -0.1) is 0 Å². The summed E-state index contributed by atoms with van der Waals surface area (Å²) < 4.78 is 4.83. The quantitative estimate of drug-likeness (QED) is 0.457. The second kappa shape index (κ2) is 8.32. The fourth-order valence-corrected chi connectivity index (χ4v) is 2.40. The lowest BCUT2D eigenvalue weighted by atomic mass is 10.1. The Kier molecular flexibility index (Phi) is 6.99. The van der Waals surface area contributed by atoms with Crippen LogP contribution < -0.4 is 4.57 Å². The van der Waals surface area contributed by atoms with Crippen LogP contribution in [0.1, 0.15) is 65.1 Å². The highest BCUT2D eigenvalue weighted by atomic mass is 15.1. The molecule has 0 aliphatic rings. The molecule has 0 unspecified atom stereocenters. The van der Waals surface area contributed by atoms with E-state index in [4.69, 9.17) is 0 Å². The molecule has 0 amide bonds. The summed E-state index contributed by atoms with van der Waals surface area (Å²) in [5.41, 5.74) is 0. The van der Waals surface area contributed by atoms with Crippen molar-refractivity contribution < 1.29 is 4.57 Å². The summed E-state index contributed by atoms with van der Waals surface area (Å²) in [6.07, 6.45) is 13.8. The highest BCUT2D eigenvalue weighted by Crippen LogP contribution is 2.07. The Balaban J connectivity index is 2.46. The molecular weight excluding hydrogens is 208 g/mol. The Morgan fingerprint density at radius 2 is 1.76 bits per heavy atom. The molecule has 17 heavy (non-hydrogen) atoms. The van der Waals surface area contributed by atoms with Crippen molar-refractivity contribution in [3.8, 4) is 0 Å². The van der Waals surface area contributed by atoms with Gasteiger partial charge >= 0.3 is 0 Å². The van der Waals surface area contributed by atoms with Gasteiger partial charge in [0.1, 0.15) is 12.4 Å². The van der Waals surface area contributed by atoms with Crippen LogP contribution >= 0.6 is 0 Å². The molecule has 0 radical (unpaired) electrons. The van der Waals surface area contributed by atoms with Crippen LogP contribution in [0.15, 0.2) is 12.4 Å². The van der Waals surface area contributed by atoms with Gasteiger partial charge < -0.3 is 0 Å². The predicted octanol–water partition coefficient (Wildman–Crippen LogP) is 3.72. The van der Waals surface area contributed by atoms with E-state index in [2.05, 4.69) is 42.3 Å². The number of rotatable bonds is 9. The van der Waals surface area contributed by atoms with Crippen molar-refractivity contribution in [3.63, 3.8) is 0 Å². The second-order valence-electron chi connectivity index (χ2n) is 4.86. The molecule has 0 aliphatic carbocycles. The van der Waals surface area contributed by atoms with Gasteiger partial charge in [0.05, 0.1) is 13.1 Å². The van der Waals surface area contributed by atoms with Gasteiger partial charge in [0, 0.05) is 6.42 Å². The first-order valence-corrected chi connectivity index (χ1v) is 7.40. The smallest absolute Gasteiger partial charge is 0.235 e. The normalized spacial score (nSPS) is 11.0. The molecular formula is C15H29N2+. The van der Waals surface area contributed by atoms with Crippen molar-refractivity contribution in [3.05, 3.63) is 18.2 Å². The van der Waals surface area contributed by atoms with E-state index in [0.29, 0.717) is 0 Å². The second-order valence-corrected chi connectivity index (χ2v) is 4.86. The van der Waals surface area contributed by atoms with E-state index in [1.165, 1.54) is 50.8 Å². The number of aryl methyl sites for hydroxylation is 2. The van der Waals surface area contributed by atoms with Crippen LogP contribution in [-0.2, 0) is 19.5 Å². The van der Waals surface area contributed by atoms with Crippen LogP contribution in [0.5, 0.6) is 0 Å². The predicted molar refractivity (Wildman–Crippen MR) is 73.1 cm³/mol. The van der Waals surface area contributed by atoms with Crippen molar-refractivity contribution >= 4 is 0 Å². The largest absolute Gasteiger partial charge is 0.256 e. The van der Waals surface area contributed by atoms with Gasteiger partial charge in [0.25, 0.3) is 5.82 Å². The van der Waals surface area contributed by atoms with Crippen LogP contribution in [0.2, 0.25) is 0 Å². The molecule has 0 atom stereocenters. The summed E-state index contributed by atoms with van der Waals surface area (Å²) in [6.45, 7) is 9.02. The van der Waals surface area contributed by atoms with E-state index in [1.807, 2.05) is 0 Å². The fraction of sp³-hybridized carbons (Fsp3) is 0.800. The topological polar surface area (TPSA) is 8.81 Å². The first-order chi connectivity index (χ1) is 8.33. The lowest BCUT2D eigenvalue weighted by Crippen LogP contribution is -2.37. The van der Waals surface area contributed by atoms with Crippen molar-refractivity contribution in [2.45, 2.75) is 78.8 Å². The zero-order valence-electron chi connectivity index (χ0n) is 11.9. The lowest BCUT2D eigenvalue weighted by Gasteiger charge is -2.03. The Bertz CT molecular complexity index is 302. The third-order valence-electron chi connectivity index (χ3n) is 3.40. The van der Waals surface area contributed by atoms with Gasteiger partial charge in [0.15, 0.2) is 0 Å². The van der Waals surface area contributed by atoms with Crippen molar-refractivity contribution in [2.24, 2.45) is 0 Å². The van der Waals surface area contributed by atoms with Crippen LogP contribution in [0.4, 0.5) is 0 Å². The molecule has 0 saturated heterocycles. The molecule has 1 rings (SSSR count).